The number of unbranched alkanes of at least 4 members (excludes halogenated alkanes) is 2. The minimum atomic E-state index is 0.146. The summed E-state index contributed by atoms with van der Waals surface area (Å²) in [7, 11) is 0. The van der Waals surface area contributed by atoms with E-state index in [9.17, 15) is 0 Å². The normalized spacial score (nSPS) is 12.7. The maximum atomic E-state index is 8.70. The lowest BCUT2D eigenvalue weighted by molar-refractivity contribution is 0.282. The first-order chi connectivity index (χ1) is 8.69. The van der Waals surface area contributed by atoms with E-state index >= 15 is 0 Å². The van der Waals surface area contributed by atoms with Gasteiger partial charge in [0.15, 0.2) is 0 Å². The highest BCUT2D eigenvalue weighted by Crippen LogP contribution is 2.25. The van der Waals surface area contributed by atoms with Crippen molar-refractivity contribution in [2.75, 3.05) is 19.7 Å². The molecule has 0 heterocycles. The highest BCUT2D eigenvalue weighted by Gasteiger charge is 2.10. The van der Waals surface area contributed by atoms with Crippen molar-refractivity contribution in [2.24, 2.45) is 5.73 Å². The second-order valence-electron chi connectivity index (χ2n) is 4.20. The van der Waals surface area contributed by atoms with Gasteiger partial charge in [0.1, 0.15) is 0 Å². The van der Waals surface area contributed by atoms with Crippen LogP contribution in [-0.2, 0) is 0 Å². The first-order valence-electron chi connectivity index (χ1n) is 6.18. The van der Waals surface area contributed by atoms with Gasteiger partial charge in [-0.1, -0.05) is 17.7 Å². The summed E-state index contributed by atoms with van der Waals surface area (Å²) >= 11 is 9.39. The van der Waals surface area contributed by atoms with Crippen LogP contribution in [0.2, 0.25) is 5.02 Å². The number of rotatable bonds is 8. The van der Waals surface area contributed by atoms with Gasteiger partial charge >= 0.3 is 0 Å². The van der Waals surface area contributed by atoms with Gasteiger partial charge in [-0.25, -0.2) is 0 Å². The Labute approximate surface area is 122 Å². The van der Waals surface area contributed by atoms with Gasteiger partial charge in [0.25, 0.3) is 0 Å². The average molecular weight is 336 g/mol. The molecule has 0 saturated heterocycles. The summed E-state index contributed by atoms with van der Waals surface area (Å²) in [5.74, 6) is 0. The zero-order valence-corrected chi connectivity index (χ0v) is 12.7. The highest BCUT2D eigenvalue weighted by molar-refractivity contribution is 9.10. The highest BCUT2D eigenvalue weighted by atomic mass is 79.9. The molecule has 0 saturated carbocycles. The average Bonchev–Trinajstić information content (AvgIpc) is 2.37. The molecule has 0 aliphatic carbocycles. The third-order valence-electron chi connectivity index (χ3n) is 2.81. The van der Waals surface area contributed by atoms with Crippen LogP contribution >= 0.6 is 27.5 Å². The monoisotopic (exact) mass is 334 g/mol. The van der Waals surface area contributed by atoms with Crippen LogP contribution < -0.4 is 11.1 Å². The molecule has 1 aromatic rings. The van der Waals surface area contributed by atoms with Gasteiger partial charge in [-0.3, -0.25) is 0 Å². The molecular formula is C13H20BrClN2O. The summed E-state index contributed by atoms with van der Waals surface area (Å²) in [6.07, 6.45) is 2.94. The molecule has 0 aliphatic heterocycles. The van der Waals surface area contributed by atoms with Crippen molar-refractivity contribution >= 4 is 27.5 Å². The van der Waals surface area contributed by atoms with Crippen LogP contribution in [0.4, 0.5) is 0 Å². The standard InChI is InChI=1S/C13H20BrClN2O/c14-11-8-10(4-5-12(11)15)13(9-16)17-6-2-1-3-7-18/h4-5,8,13,17-18H,1-3,6-7,9,16H2. The van der Waals surface area contributed by atoms with Crippen molar-refractivity contribution in [2.45, 2.75) is 25.3 Å². The van der Waals surface area contributed by atoms with E-state index in [4.69, 9.17) is 22.4 Å². The number of hydrogen-bond donors (Lipinski definition) is 3. The molecule has 1 atom stereocenters. The second kappa shape index (κ2) is 8.88. The molecule has 0 amide bonds. The Hall–Kier alpha value is -0.130. The van der Waals surface area contributed by atoms with Crippen LogP contribution in [0.5, 0.6) is 0 Å². The van der Waals surface area contributed by atoms with Crippen molar-refractivity contribution in [1.82, 2.24) is 5.32 Å². The SMILES string of the molecule is NCC(NCCCCCO)c1ccc(Cl)c(Br)c1. The number of halogens is 2. The van der Waals surface area contributed by atoms with E-state index in [2.05, 4.69) is 21.2 Å². The third kappa shape index (κ3) is 5.24. The third-order valence-corrected chi connectivity index (χ3v) is 4.02. The first kappa shape index (κ1) is 15.9. The minimum absolute atomic E-state index is 0.146. The van der Waals surface area contributed by atoms with Gasteiger partial charge in [0.2, 0.25) is 0 Å². The molecule has 0 radical (unpaired) electrons. The molecule has 1 rings (SSSR count). The summed E-state index contributed by atoms with van der Waals surface area (Å²) in [4.78, 5) is 0. The van der Waals surface area contributed by atoms with Crippen molar-refractivity contribution < 1.29 is 5.11 Å². The fourth-order valence-electron chi connectivity index (χ4n) is 1.76. The Morgan fingerprint density at radius 1 is 1.33 bits per heavy atom. The van der Waals surface area contributed by atoms with E-state index in [1.54, 1.807) is 0 Å². The summed E-state index contributed by atoms with van der Waals surface area (Å²) in [5.41, 5.74) is 6.92. The molecule has 18 heavy (non-hydrogen) atoms. The van der Waals surface area contributed by atoms with E-state index in [1.807, 2.05) is 18.2 Å². The molecule has 3 nitrogen and oxygen atoms in total. The Morgan fingerprint density at radius 2 is 2.11 bits per heavy atom. The number of nitrogens with one attached hydrogen (secondary N) is 1. The topological polar surface area (TPSA) is 58.3 Å². The molecule has 0 spiro atoms. The zero-order chi connectivity index (χ0) is 13.4. The number of nitrogens with two attached hydrogens (primary N) is 1. The molecular weight excluding hydrogens is 316 g/mol. The molecule has 0 fully saturated rings. The molecule has 102 valence electrons. The van der Waals surface area contributed by atoms with E-state index < -0.39 is 0 Å². The Bertz CT molecular complexity index is 363. The molecule has 5 heteroatoms. The fourth-order valence-corrected chi connectivity index (χ4v) is 2.27. The van der Waals surface area contributed by atoms with Gasteiger partial charge in [-0.15, -0.1) is 0 Å². The second-order valence-corrected chi connectivity index (χ2v) is 5.46. The van der Waals surface area contributed by atoms with Gasteiger partial charge in [0.05, 0.1) is 5.02 Å². The summed E-state index contributed by atoms with van der Waals surface area (Å²) in [6, 6.07) is 6.01. The van der Waals surface area contributed by atoms with Crippen molar-refractivity contribution in [3.05, 3.63) is 33.3 Å². The number of aliphatic hydroxyl groups excluding tert-OH is 1. The Morgan fingerprint density at radius 3 is 2.72 bits per heavy atom. The summed E-state index contributed by atoms with van der Waals surface area (Å²) in [5, 5.41) is 12.8. The quantitative estimate of drug-likeness (QED) is 0.640. The smallest absolute Gasteiger partial charge is 0.0548 e. The largest absolute Gasteiger partial charge is 0.396 e. The van der Waals surface area contributed by atoms with Crippen molar-refractivity contribution in [1.29, 1.82) is 0 Å². The van der Waals surface area contributed by atoms with Gasteiger partial charge in [0, 0.05) is 23.7 Å². The minimum Gasteiger partial charge on any atom is -0.396 e. The zero-order valence-electron chi connectivity index (χ0n) is 10.3. The lowest BCUT2D eigenvalue weighted by Gasteiger charge is -2.18. The predicted octanol–water partition coefficient (Wildman–Crippen LogP) is 2.85. The Balaban J connectivity index is 2.47. The maximum absolute atomic E-state index is 8.70. The predicted molar refractivity (Wildman–Crippen MR) is 79.9 cm³/mol. The van der Waals surface area contributed by atoms with Gasteiger partial charge < -0.3 is 16.2 Å². The molecule has 0 bridgehead atoms. The van der Waals surface area contributed by atoms with Crippen LogP contribution in [0, 0.1) is 0 Å². The van der Waals surface area contributed by atoms with Crippen LogP contribution in [-0.4, -0.2) is 24.8 Å². The lowest BCUT2D eigenvalue weighted by Crippen LogP contribution is -2.29. The summed E-state index contributed by atoms with van der Waals surface area (Å²) < 4.78 is 0.891. The van der Waals surface area contributed by atoms with E-state index in [-0.39, 0.29) is 12.6 Å². The van der Waals surface area contributed by atoms with E-state index in [0.717, 1.165) is 35.8 Å². The van der Waals surface area contributed by atoms with Crippen LogP contribution in [0.15, 0.2) is 22.7 Å². The fraction of sp³-hybridized carbons (Fsp3) is 0.538. The maximum Gasteiger partial charge on any atom is 0.0548 e. The Kier molecular flexibility index (Phi) is 7.86. The van der Waals surface area contributed by atoms with Crippen molar-refractivity contribution in [3.8, 4) is 0 Å². The molecule has 1 aromatic carbocycles. The molecule has 4 N–H and O–H groups in total. The van der Waals surface area contributed by atoms with Gasteiger partial charge in [-0.05, 0) is 59.4 Å². The van der Waals surface area contributed by atoms with Gasteiger partial charge in [-0.2, -0.15) is 0 Å². The lowest BCUT2D eigenvalue weighted by atomic mass is 10.1. The molecule has 0 aliphatic rings. The van der Waals surface area contributed by atoms with E-state index in [1.165, 1.54) is 0 Å². The van der Waals surface area contributed by atoms with E-state index in [0.29, 0.717) is 11.6 Å². The van der Waals surface area contributed by atoms with Crippen LogP contribution in [0.3, 0.4) is 0 Å². The number of aliphatic hydroxyl groups is 1. The number of hydrogen-bond acceptors (Lipinski definition) is 3. The summed E-state index contributed by atoms with van der Waals surface area (Å²) in [6.45, 7) is 1.72. The molecule has 0 aromatic heterocycles. The van der Waals surface area contributed by atoms with Crippen molar-refractivity contribution in [3.63, 3.8) is 0 Å². The van der Waals surface area contributed by atoms with Crippen LogP contribution in [0.1, 0.15) is 30.9 Å². The molecule has 1 unspecified atom stereocenters. The first-order valence-corrected chi connectivity index (χ1v) is 7.35. The van der Waals surface area contributed by atoms with Crippen LogP contribution in [0.25, 0.3) is 0 Å². The number of benzene rings is 1.